The molecule has 8 nitrogen and oxygen atoms in total. The van der Waals surface area contributed by atoms with Crippen molar-refractivity contribution in [2.45, 2.75) is 0 Å². The van der Waals surface area contributed by atoms with E-state index in [9.17, 15) is 4.79 Å². The van der Waals surface area contributed by atoms with E-state index in [1.165, 1.54) is 27.5 Å². The number of carbonyl (C=O) groups excluding carboxylic acids is 1. The highest BCUT2D eigenvalue weighted by molar-refractivity contribution is 5.97. The fraction of sp³-hybridized carbons (Fsp3) is 0.200. The van der Waals surface area contributed by atoms with Gasteiger partial charge in [-0.2, -0.15) is 5.10 Å². The van der Waals surface area contributed by atoms with E-state index in [4.69, 9.17) is 23.4 Å². The van der Waals surface area contributed by atoms with E-state index < -0.39 is 5.91 Å². The predicted molar refractivity (Wildman–Crippen MR) is 104 cm³/mol. The molecular formula is C20H20N2O6. The first-order chi connectivity index (χ1) is 13.6. The Morgan fingerprint density at radius 3 is 2.25 bits per heavy atom. The topological polar surface area (TPSA) is 91.5 Å². The van der Waals surface area contributed by atoms with Gasteiger partial charge in [-0.15, -0.1) is 0 Å². The van der Waals surface area contributed by atoms with Crippen molar-refractivity contribution in [2.24, 2.45) is 5.10 Å². The summed E-state index contributed by atoms with van der Waals surface area (Å²) in [6, 6.07) is 10.5. The number of furan rings is 1. The van der Waals surface area contributed by atoms with Crippen LogP contribution in [0.5, 0.6) is 23.0 Å². The normalized spacial score (nSPS) is 10.9. The second-order valence-electron chi connectivity index (χ2n) is 5.65. The molecular weight excluding hydrogens is 364 g/mol. The van der Waals surface area contributed by atoms with Crippen molar-refractivity contribution < 1.29 is 28.2 Å². The number of methoxy groups -OCH3 is 4. The molecule has 1 N–H and O–H groups in total. The molecule has 0 bridgehead atoms. The van der Waals surface area contributed by atoms with Crippen LogP contribution in [0.15, 0.2) is 45.9 Å². The average molecular weight is 384 g/mol. The maximum atomic E-state index is 12.3. The van der Waals surface area contributed by atoms with Crippen LogP contribution >= 0.6 is 0 Å². The van der Waals surface area contributed by atoms with Gasteiger partial charge in [0, 0.05) is 10.9 Å². The van der Waals surface area contributed by atoms with Gasteiger partial charge in [-0.25, -0.2) is 5.43 Å². The molecule has 0 aliphatic rings. The Balaban J connectivity index is 1.78. The van der Waals surface area contributed by atoms with Crippen LogP contribution in [0.1, 0.15) is 16.1 Å². The minimum Gasteiger partial charge on any atom is -0.493 e. The maximum absolute atomic E-state index is 12.3. The highest BCUT2D eigenvalue weighted by Gasteiger charge is 2.15. The molecule has 0 atom stereocenters. The summed E-state index contributed by atoms with van der Waals surface area (Å²) < 4.78 is 26.7. The lowest BCUT2D eigenvalue weighted by Crippen LogP contribution is -2.16. The Morgan fingerprint density at radius 2 is 1.64 bits per heavy atom. The number of hydrogen-bond donors (Lipinski definition) is 1. The van der Waals surface area contributed by atoms with E-state index in [0.717, 1.165) is 5.39 Å². The summed E-state index contributed by atoms with van der Waals surface area (Å²) in [7, 11) is 6.11. The predicted octanol–water partition coefficient (Wildman–Crippen LogP) is 3.23. The molecule has 0 radical (unpaired) electrons. The molecule has 3 rings (SSSR count). The van der Waals surface area contributed by atoms with Crippen LogP contribution in [0.3, 0.4) is 0 Å². The summed E-state index contributed by atoms with van der Waals surface area (Å²) in [4.78, 5) is 12.3. The van der Waals surface area contributed by atoms with Crippen LogP contribution in [0, 0.1) is 0 Å². The van der Waals surface area contributed by atoms with Gasteiger partial charge in [-0.05, 0) is 24.3 Å². The number of rotatable bonds is 7. The smallest absolute Gasteiger partial charge is 0.307 e. The van der Waals surface area contributed by atoms with E-state index >= 15 is 0 Å². The summed E-state index contributed by atoms with van der Waals surface area (Å²) in [6.45, 7) is 0. The average Bonchev–Trinajstić information content (AvgIpc) is 3.17. The van der Waals surface area contributed by atoms with Gasteiger partial charge < -0.3 is 23.4 Å². The SMILES string of the molecule is COc1cc(C=NNC(=O)c2cc3cccc(OC)c3o2)cc(OC)c1OC. The lowest BCUT2D eigenvalue weighted by atomic mass is 10.2. The van der Waals surface area contributed by atoms with Crippen molar-refractivity contribution in [3.8, 4) is 23.0 Å². The van der Waals surface area contributed by atoms with E-state index in [1.807, 2.05) is 12.1 Å². The number of para-hydroxylation sites is 1. The molecule has 0 fully saturated rings. The Hall–Kier alpha value is -3.68. The fourth-order valence-electron chi connectivity index (χ4n) is 2.71. The number of hydrazone groups is 1. The molecule has 1 amide bonds. The van der Waals surface area contributed by atoms with Gasteiger partial charge in [0.25, 0.3) is 0 Å². The number of carbonyl (C=O) groups is 1. The summed E-state index contributed by atoms with van der Waals surface area (Å²) in [5.41, 5.74) is 3.59. The van der Waals surface area contributed by atoms with Gasteiger partial charge in [0.2, 0.25) is 5.75 Å². The standard InChI is InChI=1S/C20H20N2O6/c1-24-14-7-5-6-13-10-17(28-18(13)14)20(23)22-21-11-12-8-15(25-2)19(27-4)16(9-12)26-3/h5-11H,1-4H3,(H,22,23). The fourth-order valence-corrected chi connectivity index (χ4v) is 2.71. The minimum atomic E-state index is -0.484. The van der Waals surface area contributed by atoms with E-state index in [1.54, 1.807) is 31.4 Å². The second kappa shape index (κ2) is 8.34. The number of benzene rings is 2. The number of nitrogens with zero attached hydrogens (tertiary/aromatic N) is 1. The Kier molecular flexibility index (Phi) is 5.69. The zero-order valence-corrected chi connectivity index (χ0v) is 15.9. The highest BCUT2D eigenvalue weighted by atomic mass is 16.5. The van der Waals surface area contributed by atoms with Gasteiger partial charge in [0.05, 0.1) is 34.7 Å². The van der Waals surface area contributed by atoms with E-state index in [-0.39, 0.29) is 5.76 Å². The van der Waals surface area contributed by atoms with Gasteiger partial charge in [-0.1, -0.05) is 12.1 Å². The van der Waals surface area contributed by atoms with E-state index in [2.05, 4.69) is 10.5 Å². The molecule has 3 aromatic rings. The quantitative estimate of drug-likeness (QED) is 0.497. The summed E-state index contributed by atoms with van der Waals surface area (Å²) >= 11 is 0. The van der Waals surface area contributed by atoms with Crippen LogP contribution in [0.2, 0.25) is 0 Å². The van der Waals surface area contributed by atoms with Gasteiger partial charge >= 0.3 is 5.91 Å². The van der Waals surface area contributed by atoms with Crippen LogP contribution < -0.4 is 24.4 Å². The molecule has 146 valence electrons. The van der Waals surface area contributed by atoms with Crippen LogP contribution in [0.4, 0.5) is 0 Å². The Bertz CT molecular complexity index is 1000. The third kappa shape index (κ3) is 3.71. The van der Waals surface area contributed by atoms with Crippen molar-refractivity contribution in [1.82, 2.24) is 5.43 Å². The molecule has 1 heterocycles. The first kappa shape index (κ1) is 19.1. The number of nitrogens with one attached hydrogen (secondary N) is 1. The summed E-state index contributed by atoms with van der Waals surface area (Å²) in [5.74, 6) is 1.64. The van der Waals surface area contributed by atoms with Crippen molar-refractivity contribution in [3.05, 3.63) is 47.7 Å². The molecule has 28 heavy (non-hydrogen) atoms. The largest absolute Gasteiger partial charge is 0.493 e. The second-order valence-corrected chi connectivity index (χ2v) is 5.65. The molecule has 0 saturated heterocycles. The monoisotopic (exact) mass is 384 g/mol. The Labute approximate surface area is 161 Å². The van der Waals surface area contributed by atoms with Gasteiger partial charge in [0.15, 0.2) is 28.6 Å². The molecule has 1 aromatic heterocycles. The zero-order chi connectivity index (χ0) is 20.1. The number of hydrogen-bond acceptors (Lipinski definition) is 7. The van der Waals surface area contributed by atoms with Crippen LogP contribution in [0.25, 0.3) is 11.0 Å². The van der Waals surface area contributed by atoms with Crippen LogP contribution in [-0.2, 0) is 0 Å². The van der Waals surface area contributed by atoms with Crippen LogP contribution in [-0.4, -0.2) is 40.6 Å². The third-order valence-corrected chi connectivity index (χ3v) is 4.02. The lowest BCUT2D eigenvalue weighted by molar-refractivity contribution is 0.0929. The van der Waals surface area contributed by atoms with Crippen molar-refractivity contribution >= 4 is 23.1 Å². The number of amides is 1. The molecule has 0 unspecified atom stereocenters. The molecule has 0 spiro atoms. The molecule has 2 aromatic carbocycles. The Morgan fingerprint density at radius 1 is 0.964 bits per heavy atom. The zero-order valence-electron chi connectivity index (χ0n) is 15.9. The summed E-state index contributed by atoms with van der Waals surface area (Å²) in [6.07, 6.45) is 1.46. The first-order valence-corrected chi connectivity index (χ1v) is 8.31. The molecule has 0 aliphatic carbocycles. The summed E-state index contributed by atoms with van der Waals surface area (Å²) in [5, 5.41) is 4.73. The third-order valence-electron chi connectivity index (χ3n) is 4.02. The van der Waals surface area contributed by atoms with Gasteiger partial charge in [-0.3, -0.25) is 4.79 Å². The number of fused-ring (bicyclic) bond motifs is 1. The molecule has 8 heteroatoms. The van der Waals surface area contributed by atoms with Gasteiger partial charge in [0.1, 0.15) is 0 Å². The van der Waals surface area contributed by atoms with Crippen molar-refractivity contribution in [3.63, 3.8) is 0 Å². The minimum absolute atomic E-state index is 0.126. The maximum Gasteiger partial charge on any atom is 0.307 e. The van der Waals surface area contributed by atoms with E-state index in [0.29, 0.717) is 34.1 Å². The molecule has 0 aliphatic heterocycles. The first-order valence-electron chi connectivity index (χ1n) is 8.31. The van der Waals surface area contributed by atoms with Crippen molar-refractivity contribution in [1.29, 1.82) is 0 Å². The lowest BCUT2D eigenvalue weighted by Gasteiger charge is -2.12. The molecule has 0 saturated carbocycles. The number of ether oxygens (including phenoxy) is 4. The highest BCUT2D eigenvalue weighted by Crippen LogP contribution is 2.37. The van der Waals surface area contributed by atoms with Crippen molar-refractivity contribution in [2.75, 3.05) is 28.4 Å².